The SMILES string of the molecule is COC(=O)c1c(NC(C)C)nn(CCC#N)c1N. The second-order valence-electron chi connectivity index (χ2n) is 4.03. The number of hydrogen-bond acceptors (Lipinski definition) is 6. The van der Waals surface area contributed by atoms with Crippen LogP contribution < -0.4 is 11.1 Å². The van der Waals surface area contributed by atoms with Crippen molar-refractivity contribution in [2.24, 2.45) is 0 Å². The summed E-state index contributed by atoms with van der Waals surface area (Å²) in [5, 5.41) is 15.8. The van der Waals surface area contributed by atoms with Gasteiger partial charge < -0.3 is 15.8 Å². The van der Waals surface area contributed by atoms with Gasteiger partial charge in [0.15, 0.2) is 5.82 Å². The fourth-order valence-corrected chi connectivity index (χ4v) is 1.48. The Balaban J connectivity index is 3.14. The van der Waals surface area contributed by atoms with Gasteiger partial charge >= 0.3 is 5.97 Å². The van der Waals surface area contributed by atoms with Crippen molar-refractivity contribution in [3.63, 3.8) is 0 Å². The van der Waals surface area contributed by atoms with E-state index in [1.165, 1.54) is 11.8 Å². The molecular formula is C11H17N5O2. The maximum Gasteiger partial charge on any atom is 0.345 e. The summed E-state index contributed by atoms with van der Waals surface area (Å²) in [5.41, 5.74) is 6.06. The predicted molar refractivity (Wildman–Crippen MR) is 67.0 cm³/mol. The third-order valence-corrected chi connectivity index (χ3v) is 2.24. The number of nitrogens with one attached hydrogen (secondary N) is 1. The number of methoxy groups -OCH3 is 1. The summed E-state index contributed by atoms with van der Waals surface area (Å²) >= 11 is 0. The first-order valence-electron chi connectivity index (χ1n) is 5.59. The van der Waals surface area contributed by atoms with Gasteiger partial charge in [-0.1, -0.05) is 0 Å². The number of anilines is 2. The van der Waals surface area contributed by atoms with Crippen molar-refractivity contribution in [1.82, 2.24) is 9.78 Å². The van der Waals surface area contributed by atoms with Crippen molar-refractivity contribution in [3.8, 4) is 6.07 Å². The van der Waals surface area contributed by atoms with Crippen LogP contribution in [0.3, 0.4) is 0 Å². The van der Waals surface area contributed by atoms with Gasteiger partial charge in [0.05, 0.1) is 26.1 Å². The van der Waals surface area contributed by atoms with Crippen LogP contribution >= 0.6 is 0 Å². The molecule has 18 heavy (non-hydrogen) atoms. The first kappa shape index (κ1) is 13.8. The van der Waals surface area contributed by atoms with Gasteiger partial charge in [0.25, 0.3) is 0 Å². The van der Waals surface area contributed by atoms with Gasteiger partial charge in [-0.05, 0) is 13.8 Å². The standard InChI is InChI=1S/C11H17N5O2/c1-7(2)14-10-8(11(17)18-3)9(13)16(15-10)6-4-5-12/h7H,4,6,13H2,1-3H3,(H,14,15). The Morgan fingerprint density at radius 3 is 2.83 bits per heavy atom. The highest BCUT2D eigenvalue weighted by Gasteiger charge is 2.23. The second kappa shape index (κ2) is 5.91. The van der Waals surface area contributed by atoms with Crippen LogP contribution in [0.5, 0.6) is 0 Å². The Kier molecular flexibility index (Phi) is 4.54. The zero-order valence-corrected chi connectivity index (χ0v) is 10.7. The molecule has 0 aliphatic rings. The Morgan fingerprint density at radius 1 is 1.67 bits per heavy atom. The molecule has 0 aliphatic carbocycles. The molecule has 0 saturated heterocycles. The molecule has 1 aromatic rings. The molecule has 1 rings (SSSR count). The minimum atomic E-state index is -0.543. The van der Waals surface area contributed by atoms with E-state index in [0.29, 0.717) is 12.4 Å². The van der Waals surface area contributed by atoms with Crippen LogP contribution in [-0.4, -0.2) is 28.9 Å². The van der Waals surface area contributed by atoms with Crippen LogP contribution in [0.25, 0.3) is 0 Å². The Labute approximate surface area is 106 Å². The topological polar surface area (TPSA) is 106 Å². The number of carbonyl (C=O) groups excluding carboxylic acids is 1. The van der Waals surface area contributed by atoms with Crippen LogP contribution in [0.2, 0.25) is 0 Å². The third kappa shape index (κ3) is 2.91. The molecule has 0 aromatic carbocycles. The lowest BCUT2D eigenvalue weighted by molar-refractivity contribution is 0.0603. The number of ether oxygens (including phenoxy) is 1. The molecule has 3 N–H and O–H groups in total. The molecule has 1 heterocycles. The molecule has 0 atom stereocenters. The van der Waals surface area contributed by atoms with Crippen molar-refractivity contribution in [1.29, 1.82) is 5.26 Å². The molecule has 0 aliphatic heterocycles. The molecule has 7 nitrogen and oxygen atoms in total. The molecule has 0 radical (unpaired) electrons. The van der Waals surface area contributed by atoms with Crippen LogP contribution in [-0.2, 0) is 11.3 Å². The van der Waals surface area contributed by atoms with Gasteiger partial charge in [-0.3, -0.25) is 0 Å². The molecule has 0 spiro atoms. The number of nitrogens with zero attached hydrogens (tertiary/aromatic N) is 3. The molecule has 1 aromatic heterocycles. The number of aromatic nitrogens is 2. The quantitative estimate of drug-likeness (QED) is 0.756. The zero-order chi connectivity index (χ0) is 13.7. The van der Waals surface area contributed by atoms with Crippen LogP contribution in [0.15, 0.2) is 0 Å². The smallest absolute Gasteiger partial charge is 0.345 e. The van der Waals surface area contributed by atoms with E-state index < -0.39 is 5.97 Å². The lowest BCUT2D eigenvalue weighted by Crippen LogP contribution is -2.14. The number of rotatable bonds is 5. The average molecular weight is 251 g/mol. The van der Waals surface area contributed by atoms with E-state index in [-0.39, 0.29) is 23.8 Å². The third-order valence-electron chi connectivity index (χ3n) is 2.24. The summed E-state index contributed by atoms with van der Waals surface area (Å²) in [6.07, 6.45) is 0.271. The summed E-state index contributed by atoms with van der Waals surface area (Å²) in [4.78, 5) is 11.7. The maximum atomic E-state index is 11.7. The second-order valence-corrected chi connectivity index (χ2v) is 4.03. The highest BCUT2D eigenvalue weighted by atomic mass is 16.5. The average Bonchev–Trinajstić information content (AvgIpc) is 2.61. The maximum absolute atomic E-state index is 11.7. The first-order valence-corrected chi connectivity index (χ1v) is 5.59. The van der Waals surface area contributed by atoms with E-state index in [0.717, 1.165) is 0 Å². The summed E-state index contributed by atoms with van der Waals surface area (Å²) in [7, 11) is 1.29. The molecular weight excluding hydrogens is 234 g/mol. The van der Waals surface area contributed by atoms with Gasteiger partial charge in [0, 0.05) is 6.04 Å². The number of aryl methyl sites for hydroxylation is 1. The highest BCUT2D eigenvalue weighted by molar-refractivity contribution is 5.99. The van der Waals surface area contributed by atoms with Crippen molar-refractivity contribution < 1.29 is 9.53 Å². The van der Waals surface area contributed by atoms with E-state index in [9.17, 15) is 4.79 Å². The van der Waals surface area contributed by atoms with E-state index in [2.05, 4.69) is 15.2 Å². The number of esters is 1. The molecule has 0 amide bonds. The summed E-state index contributed by atoms with van der Waals surface area (Å²) in [5.74, 6) is 0.0476. The van der Waals surface area contributed by atoms with Crippen molar-refractivity contribution in [2.75, 3.05) is 18.2 Å². The number of nitrogen functional groups attached to an aromatic ring is 1. The molecule has 98 valence electrons. The fraction of sp³-hybridized carbons (Fsp3) is 0.545. The summed E-state index contributed by atoms with van der Waals surface area (Å²) in [6.45, 7) is 4.18. The summed E-state index contributed by atoms with van der Waals surface area (Å²) < 4.78 is 6.11. The van der Waals surface area contributed by atoms with Crippen molar-refractivity contribution in [2.45, 2.75) is 32.9 Å². The molecule has 0 fully saturated rings. The molecule has 7 heteroatoms. The van der Waals surface area contributed by atoms with Gasteiger partial charge in [-0.2, -0.15) is 10.4 Å². The van der Waals surface area contributed by atoms with Crippen LogP contribution in [0.1, 0.15) is 30.6 Å². The van der Waals surface area contributed by atoms with Gasteiger partial charge in [0.2, 0.25) is 0 Å². The zero-order valence-electron chi connectivity index (χ0n) is 10.7. The fourth-order valence-electron chi connectivity index (χ4n) is 1.48. The number of carbonyl (C=O) groups is 1. The number of hydrogen-bond donors (Lipinski definition) is 2. The minimum Gasteiger partial charge on any atom is -0.465 e. The van der Waals surface area contributed by atoms with Gasteiger partial charge in [-0.25, -0.2) is 9.48 Å². The van der Waals surface area contributed by atoms with E-state index in [1.54, 1.807) is 0 Å². The van der Waals surface area contributed by atoms with Crippen LogP contribution in [0, 0.1) is 11.3 Å². The summed E-state index contributed by atoms with van der Waals surface area (Å²) in [6, 6.07) is 2.11. The largest absolute Gasteiger partial charge is 0.465 e. The van der Waals surface area contributed by atoms with Crippen molar-refractivity contribution >= 4 is 17.6 Å². The van der Waals surface area contributed by atoms with E-state index in [1.807, 2.05) is 19.9 Å². The molecule has 0 unspecified atom stereocenters. The van der Waals surface area contributed by atoms with Crippen molar-refractivity contribution in [3.05, 3.63) is 5.56 Å². The Bertz CT molecular complexity index is 473. The first-order chi connectivity index (χ1) is 8.51. The normalized spacial score (nSPS) is 10.2. The molecule has 0 bridgehead atoms. The molecule has 0 saturated carbocycles. The van der Waals surface area contributed by atoms with E-state index in [4.69, 9.17) is 11.0 Å². The number of nitrogens with two attached hydrogens (primary N) is 1. The van der Waals surface area contributed by atoms with Gasteiger partial charge in [0.1, 0.15) is 11.4 Å². The Morgan fingerprint density at radius 2 is 2.33 bits per heavy atom. The lowest BCUT2D eigenvalue weighted by Gasteiger charge is -2.07. The Hall–Kier alpha value is -2.23. The van der Waals surface area contributed by atoms with Gasteiger partial charge in [-0.15, -0.1) is 0 Å². The predicted octanol–water partition coefficient (Wildman–Crippen LogP) is 0.986. The number of nitriles is 1. The van der Waals surface area contributed by atoms with E-state index >= 15 is 0 Å². The monoisotopic (exact) mass is 251 g/mol. The van der Waals surface area contributed by atoms with Crippen LogP contribution in [0.4, 0.5) is 11.6 Å². The highest BCUT2D eigenvalue weighted by Crippen LogP contribution is 2.23. The lowest BCUT2D eigenvalue weighted by atomic mass is 10.2. The minimum absolute atomic E-state index is 0.104.